The van der Waals surface area contributed by atoms with Crippen molar-refractivity contribution in [2.45, 2.75) is 64.7 Å². The molecule has 11 heteroatoms. The molecule has 0 aromatic carbocycles. The van der Waals surface area contributed by atoms with E-state index >= 15 is 0 Å². The van der Waals surface area contributed by atoms with Crippen molar-refractivity contribution in [3.63, 3.8) is 0 Å². The molecule has 0 heterocycles. The second-order valence-corrected chi connectivity index (χ2v) is 6.69. The third-order valence-corrected chi connectivity index (χ3v) is 3.55. The number of amides is 3. The van der Waals surface area contributed by atoms with Gasteiger partial charge in [0, 0.05) is 0 Å². The molecule has 0 radical (unpaired) electrons. The van der Waals surface area contributed by atoms with E-state index in [1.54, 1.807) is 0 Å². The van der Waals surface area contributed by atoms with Crippen LogP contribution in [0.25, 0.3) is 0 Å². The molecule has 0 aliphatic heterocycles. The van der Waals surface area contributed by atoms with E-state index in [2.05, 4.69) is 16.0 Å². The normalized spacial score (nSPS) is 15.2. The highest BCUT2D eigenvalue weighted by Crippen LogP contribution is 2.06. The van der Waals surface area contributed by atoms with E-state index in [1.807, 2.05) is 13.8 Å². The highest BCUT2D eigenvalue weighted by atomic mass is 16.4. The molecular weight excluding hydrogens is 360 g/mol. The molecule has 0 aromatic rings. The first kappa shape index (κ1) is 24.3. The average molecular weight is 388 g/mol. The van der Waals surface area contributed by atoms with Crippen molar-refractivity contribution in [3.8, 4) is 0 Å². The predicted octanol–water partition coefficient (Wildman–Crippen LogP) is -1.59. The number of hydrogen-bond acceptors (Lipinski definition) is 6. The van der Waals surface area contributed by atoms with Crippen LogP contribution in [0.3, 0.4) is 0 Å². The summed E-state index contributed by atoms with van der Waals surface area (Å²) in [6.45, 7) is 6.29. The van der Waals surface area contributed by atoms with E-state index in [1.165, 1.54) is 13.8 Å². The lowest BCUT2D eigenvalue weighted by atomic mass is 10.0. The van der Waals surface area contributed by atoms with Crippen LogP contribution < -0.4 is 21.7 Å². The van der Waals surface area contributed by atoms with E-state index in [0.717, 1.165) is 0 Å². The van der Waals surface area contributed by atoms with Gasteiger partial charge in [0.1, 0.15) is 18.1 Å². The lowest BCUT2D eigenvalue weighted by Gasteiger charge is -2.24. The third kappa shape index (κ3) is 9.54. The van der Waals surface area contributed by atoms with Crippen LogP contribution in [-0.4, -0.2) is 64.0 Å². The van der Waals surface area contributed by atoms with Gasteiger partial charge in [-0.3, -0.25) is 24.0 Å². The molecule has 4 atom stereocenters. The van der Waals surface area contributed by atoms with Crippen LogP contribution in [0.2, 0.25) is 0 Å². The molecule has 154 valence electrons. The van der Waals surface area contributed by atoms with Crippen LogP contribution in [0, 0.1) is 5.92 Å². The zero-order valence-corrected chi connectivity index (χ0v) is 15.8. The Morgan fingerprint density at radius 1 is 0.815 bits per heavy atom. The lowest BCUT2D eigenvalue weighted by molar-refractivity contribution is -0.141. The SMILES string of the molecule is CC(C)CC(NC(=O)C(C)NC(=O)C(N)CC(=O)O)C(=O)NC(C)C(=O)O. The van der Waals surface area contributed by atoms with E-state index in [0.29, 0.717) is 0 Å². The summed E-state index contributed by atoms with van der Waals surface area (Å²) in [5.41, 5.74) is 5.42. The van der Waals surface area contributed by atoms with Gasteiger partial charge in [0.15, 0.2) is 0 Å². The van der Waals surface area contributed by atoms with Crippen LogP contribution in [0.15, 0.2) is 0 Å². The van der Waals surface area contributed by atoms with Gasteiger partial charge in [-0.25, -0.2) is 0 Å². The molecule has 7 N–H and O–H groups in total. The maximum Gasteiger partial charge on any atom is 0.325 e. The number of nitrogens with one attached hydrogen (secondary N) is 3. The van der Waals surface area contributed by atoms with Crippen molar-refractivity contribution in [2.75, 3.05) is 0 Å². The fraction of sp³-hybridized carbons (Fsp3) is 0.688. The molecule has 0 aromatic heterocycles. The molecular formula is C16H28N4O7. The Morgan fingerprint density at radius 2 is 1.33 bits per heavy atom. The highest BCUT2D eigenvalue weighted by Gasteiger charge is 2.28. The molecule has 0 spiro atoms. The number of carboxylic acids is 2. The summed E-state index contributed by atoms with van der Waals surface area (Å²) in [6.07, 6.45) is -0.339. The smallest absolute Gasteiger partial charge is 0.325 e. The van der Waals surface area contributed by atoms with Crippen LogP contribution in [0.1, 0.15) is 40.5 Å². The minimum Gasteiger partial charge on any atom is -0.481 e. The fourth-order valence-electron chi connectivity index (χ4n) is 2.04. The number of rotatable bonds is 11. The van der Waals surface area contributed by atoms with Crippen molar-refractivity contribution in [2.24, 2.45) is 11.7 Å². The monoisotopic (exact) mass is 388 g/mol. The Morgan fingerprint density at radius 3 is 1.78 bits per heavy atom. The van der Waals surface area contributed by atoms with Crippen LogP contribution in [0.4, 0.5) is 0 Å². The molecule has 0 bridgehead atoms. The zero-order valence-electron chi connectivity index (χ0n) is 15.8. The number of hydrogen-bond donors (Lipinski definition) is 6. The van der Waals surface area contributed by atoms with E-state index in [4.69, 9.17) is 15.9 Å². The quantitative estimate of drug-likeness (QED) is 0.244. The van der Waals surface area contributed by atoms with E-state index < -0.39 is 60.2 Å². The summed E-state index contributed by atoms with van der Waals surface area (Å²) in [5.74, 6) is -4.61. The van der Waals surface area contributed by atoms with Gasteiger partial charge in [0.2, 0.25) is 17.7 Å². The largest absolute Gasteiger partial charge is 0.481 e. The lowest BCUT2D eigenvalue weighted by Crippen LogP contribution is -2.56. The van der Waals surface area contributed by atoms with Gasteiger partial charge in [-0.15, -0.1) is 0 Å². The first-order chi connectivity index (χ1) is 12.3. The molecule has 0 fully saturated rings. The molecule has 0 saturated carbocycles. The second-order valence-electron chi connectivity index (χ2n) is 6.69. The zero-order chi connectivity index (χ0) is 21.3. The van der Waals surface area contributed by atoms with Gasteiger partial charge >= 0.3 is 11.9 Å². The van der Waals surface area contributed by atoms with E-state index in [-0.39, 0.29) is 12.3 Å². The first-order valence-electron chi connectivity index (χ1n) is 8.46. The van der Waals surface area contributed by atoms with Crippen molar-refractivity contribution in [1.82, 2.24) is 16.0 Å². The standard InChI is InChI=1S/C16H28N4O7/c1-7(2)5-11(15(25)19-9(4)16(26)27)20-13(23)8(3)18-14(24)10(17)6-12(21)22/h7-11H,5-6,17H2,1-4H3,(H,18,24)(H,19,25)(H,20,23)(H,21,22)(H,26,27). The third-order valence-electron chi connectivity index (χ3n) is 3.55. The Bertz CT molecular complexity index is 579. The molecule has 3 amide bonds. The highest BCUT2D eigenvalue weighted by molar-refractivity contribution is 5.94. The van der Waals surface area contributed by atoms with Gasteiger partial charge in [-0.2, -0.15) is 0 Å². The minimum absolute atomic E-state index is 0.0232. The number of carboxylic acid groups (broad SMARTS) is 2. The summed E-state index contributed by atoms with van der Waals surface area (Å²) >= 11 is 0. The molecule has 0 saturated heterocycles. The molecule has 0 aliphatic carbocycles. The van der Waals surface area contributed by atoms with Crippen LogP contribution in [0.5, 0.6) is 0 Å². The van der Waals surface area contributed by atoms with Gasteiger partial charge in [0.25, 0.3) is 0 Å². The molecule has 0 aliphatic rings. The van der Waals surface area contributed by atoms with Gasteiger partial charge in [0.05, 0.1) is 12.5 Å². The van der Waals surface area contributed by atoms with Crippen molar-refractivity contribution < 1.29 is 34.2 Å². The summed E-state index contributed by atoms with van der Waals surface area (Å²) in [4.78, 5) is 57.7. The predicted molar refractivity (Wildman–Crippen MR) is 94.5 cm³/mol. The maximum absolute atomic E-state index is 12.3. The number of nitrogens with two attached hydrogens (primary N) is 1. The summed E-state index contributed by atoms with van der Waals surface area (Å²) in [7, 11) is 0. The van der Waals surface area contributed by atoms with Gasteiger partial charge < -0.3 is 31.9 Å². The number of carbonyl (C=O) groups excluding carboxylic acids is 3. The van der Waals surface area contributed by atoms with Gasteiger partial charge in [-0.05, 0) is 26.2 Å². The topological polar surface area (TPSA) is 188 Å². The van der Waals surface area contributed by atoms with E-state index in [9.17, 15) is 24.0 Å². The summed E-state index contributed by atoms with van der Waals surface area (Å²) in [5, 5.41) is 24.5. The average Bonchev–Trinajstić information content (AvgIpc) is 2.52. The molecule has 27 heavy (non-hydrogen) atoms. The Hall–Kier alpha value is -2.69. The molecule has 4 unspecified atom stereocenters. The van der Waals surface area contributed by atoms with Crippen molar-refractivity contribution >= 4 is 29.7 Å². The van der Waals surface area contributed by atoms with Crippen molar-refractivity contribution in [1.29, 1.82) is 0 Å². The van der Waals surface area contributed by atoms with Crippen molar-refractivity contribution in [3.05, 3.63) is 0 Å². The van der Waals surface area contributed by atoms with Crippen LogP contribution >= 0.6 is 0 Å². The van der Waals surface area contributed by atoms with Crippen LogP contribution in [-0.2, 0) is 24.0 Å². The Kier molecular flexibility index (Phi) is 10.0. The van der Waals surface area contributed by atoms with Gasteiger partial charge in [-0.1, -0.05) is 13.8 Å². The summed E-state index contributed by atoms with van der Waals surface area (Å²) < 4.78 is 0. The first-order valence-corrected chi connectivity index (χ1v) is 8.46. The maximum atomic E-state index is 12.3. The fourth-order valence-corrected chi connectivity index (χ4v) is 2.04. The Labute approximate surface area is 157 Å². The second kappa shape index (κ2) is 11.1. The summed E-state index contributed by atoms with van der Waals surface area (Å²) in [6, 6.07) is -4.51. The minimum atomic E-state index is -1.32. The molecule has 0 rings (SSSR count). The number of aliphatic carboxylic acids is 2. The Balaban J connectivity index is 4.92. The molecule has 11 nitrogen and oxygen atoms in total. The number of carbonyl (C=O) groups is 5.